The lowest BCUT2D eigenvalue weighted by molar-refractivity contribution is 0.0910. The Balaban J connectivity index is 1.07. The van der Waals surface area contributed by atoms with Gasteiger partial charge in [-0.05, 0) is 104 Å². The summed E-state index contributed by atoms with van der Waals surface area (Å²) in [7, 11) is 4.66. The minimum Gasteiger partial charge on any atom is -0.268 e. The monoisotopic (exact) mass is 540 g/mol. The first kappa shape index (κ1) is 23.6. The summed E-state index contributed by atoms with van der Waals surface area (Å²) in [6, 6.07) is 28.3. The normalized spacial score (nSPS) is 14.4. The summed E-state index contributed by atoms with van der Waals surface area (Å²) in [4.78, 5) is 55.1. The summed E-state index contributed by atoms with van der Waals surface area (Å²) < 4.78 is 0. The van der Waals surface area contributed by atoms with Crippen molar-refractivity contribution < 1.29 is 19.2 Å². The van der Waals surface area contributed by atoms with E-state index in [1.165, 1.54) is 9.80 Å². The molecule has 2 aliphatic heterocycles. The highest BCUT2D eigenvalue weighted by atomic mass is 33.5. The molecule has 0 aliphatic carbocycles. The number of rotatable bonds is 6. The molecule has 0 saturated heterocycles. The quantitative estimate of drug-likeness (QED) is 0.198. The Morgan fingerprint density at radius 2 is 0.703 bits per heavy atom. The van der Waals surface area contributed by atoms with E-state index in [9.17, 15) is 19.2 Å². The Bertz CT molecular complexity index is 1400. The topological polar surface area (TPSA) is 74.8 Å². The first-order chi connectivity index (χ1) is 18.0. The number of imide groups is 2. The Morgan fingerprint density at radius 1 is 0.405 bits per heavy atom. The predicted octanol–water partition coefficient (Wildman–Crippen LogP) is 6.74. The Kier molecular flexibility index (Phi) is 6.11. The van der Waals surface area contributed by atoms with Crippen LogP contribution >= 0.6 is 31.4 Å². The van der Waals surface area contributed by atoms with Gasteiger partial charge in [0.1, 0.15) is 0 Å². The van der Waals surface area contributed by atoms with Gasteiger partial charge in [-0.2, -0.15) is 0 Å². The molecule has 9 heteroatoms. The van der Waals surface area contributed by atoms with Crippen LogP contribution in [0.5, 0.6) is 0 Å². The van der Waals surface area contributed by atoms with E-state index >= 15 is 0 Å². The van der Waals surface area contributed by atoms with Crippen molar-refractivity contribution in [3.05, 3.63) is 119 Å². The van der Waals surface area contributed by atoms with E-state index in [-0.39, 0.29) is 23.6 Å². The van der Waals surface area contributed by atoms with Crippen molar-refractivity contribution in [1.82, 2.24) is 0 Å². The van der Waals surface area contributed by atoms with Crippen LogP contribution < -0.4 is 9.80 Å². The lowest BCUT2D eigenvalue weighted by Crippen LogP contribution is -2.29. The second-order valence-electron chi connectivity index (χ2n) is 8.21. The van der Waals surface area contributed by atoms with Gasteiger partial charge in [-0.3, -0.25) is 19.2 Å². The van der Waals surface area contributed by atoms with Crippen LogP contribution in [-0.2, 0) is 0 Å². The predicted molar refractivity (Wildman–Crippen MR) is 147 cm³/mol. The zero-order valence-electron chi connectivity index (χ0n) is 19.0. The molecule has 4 aromatic carbocycles. The molecule has 4 aromatic rings. The molecule has 0 atom stereocenters. The molecule has 0 saturated carbocycles. The standard InChI is InChI=1S/C28H16N2O4S3/c31-25-21-5-1-2-6-22(21)26(32)29(25)17-9-13-19(14-10-17)35-37-36-20-15-11-18(12-16-20)30-27(33)23-7-3-4-8-24(23)28(30)34/h1-16H. The van der Waals surface area contributed by atoms with Gasteiger partial charge in [0.2, 0.25) is 0 Å². The highest BCUT2D eigenvalue weighted by Crippen LogP contribution is 2.45. The fraction of sp³-hybridized carbons (Fsp3) is 0. The molecule has 6 nitrogen and oxygen atoms in total. The summed E-state index contributed by atoms with van der Waals surface area (Å²) in [6.07, 6.45) is 0. The molecule has 0 radical (unpaired) electrons. The van der Waals surface area contributed by atoms with E-state index in [1.807, 2.05) is 24.3 Å². The highest BCUT2D eigenvalue weighted by Gasteiger charge is 2.37. The van der Waals surface area contributed by atoms with Crippen LogP contribution in [0.25, 0.3) is 0 Å². The van der Waals surface area contributed by atoms with Gasteiger partial charge in [0, 0.05) is 9.79 Å². The molecule has 0 aromatic heterocycles. The number of fused-ring (bicyclic) bond motifs is 2. The van der Waals surface area contributed by atoms with Crippen molar-refractivity contribution in [2.75, 3.05) is 9.80 Å². The van der Waals surface area contributed by atoms with E-state index in [2.05, 4.69) is 0 Å². The summed E-state index contributed by atoms with van der Waals surface area (Å²) >= 11 is 0. The van der Waals surface area contributed by atoms with Gasteiger partial charge in [-0.25, -0.2) is 9.80 Å². The minimum absolute atomic E-state index is 0.310. The summed E-state index contributed by atoms with van der Waals surface area (Å²) in [6.45, 7) is 0. The van der Waals surface area contributed by atoms with E-state index in [4.69, 9.17) is 0 Å². The maximum atomic E-state index is 12.7. The van der Waals surface area contributed by atoms with E-state index < -0.39 is 0 Å². The molecule has 6 rings (SSSR count). The number of amides is 4. The van der Waals surface area contributed by atoms with Gasteiger partial charge in [-0.15, -0.1) is 0 Å². The molecular weight excluding hydrogens is 525 g/mol. The largest absolute Gasteiger partial charge is 0.268 e. The lowest BCUT2D eigenvalue weighted by Gasteiger charge is -2.14. The van der Waals surface area contributed by atoms with Crippen molar-refractivity contribution in [2.24, 2.45) is 0 Å². The van der Waals surface area contributed by atoms with Gasteiger partial charge < -0.3 is 0 Å². The third-order valence-electron chi connectivity index (χ3n) is 6.04. The summed E-state index contributed by atoms with van der Waals surface area (Å²) in [5.74, 6) is -1.24. The summed E-state index contributed by atoms with van der Waals surface area (Å²) in [5, 5.41) is 0. The van der Waals surface area contributed by atoms with Gasteiger partial charge in [-0.1, -0.05) is 24.3 Å². The van der Waals surface area contributed by atoms with E-state index in [0.717, 1.165) is 9.79 Å². The Morgan fingerprint density at radius 3 is 1.00 bits per heavy atom. The van der Waals surface area contributed by atoms with Crippen molar-refractivity contribution in [3.8, 4) is 0 Å². The Labute approximate surface area is 223 Å². The molecule has 0 unspecified atom stereocenters. The van der Waals surface area contributed by atoms with Gasteiger partial charge in [0.05, 0.1) is 33.6 Å². The van der Waals surface area contributed by atoms with E-state index in [1.54, 1.807) is 104 Å². The molecule has 0 bridgehead atoms. The maximum Gasteiger partial charge on any atom is 0.266 e. The molecule has 2 heterocycles. The number of hydrogen-bond acceptors (Lipinski definition) is 7. The number of carbonyl (C=O) groups is 4. The number of anilines is 2. The summed E-state index contributed by atoms with van der Waals surface area (Å²) in [5.41, 5.74) is 2.77. The first-order valence-corrected chi connectivity index (χ1v) is 14.7. The number of nitrogens with zero attached hydrogens (tertiary/aromatic N) is 2. The maximum absolute atomic E-state index is 12.7. The fourth-order valence-electron chi connectivity index (χ4n) is 4.24. The molecule has 0 spiro atoms. The fourth-order valence-corrected chi connectivity index (χ4v) is 7.89. The lowest BCUT2D eigenvalue weighted by atomic mass is 10.1. The van der Waals surface area contributed by atoms with Gasteiger partial charge in [0.25, 0.3) is 23.6 Å². The van der Waals surface area contributed by atoms with Crippen molar-refractivity contribution in [1.29, 1.82) is 0 Å². The number of benzene rings is 4. The first-order valence-electron chi connectivity index (χ1n) is 11.2. The van der Waals surface area contributed by atoms with Crippen molar-refractivity contribution in [2.45, 2.75) is 9.79 Å². The van der Waals surface area contributed by atoms with Crippen LogP contribution in [0.4, 0.5) is 11.4 Å². The van der Waals surface area contributed by atoms with Crippen molar-refractivity contribution >= 4 is 66.4 Å². The van der Waals surface area contributed by atoms with Crippen LogP contribution in [0.2, 0.25) is 0 Å². The third kappa shape index (κ3) is 4.15. The van der Waals surface area contributed by atoms with Crippen molar-refractivity contribution in [3.63, 3.8) is 0 Å². The van der Waals surface area contributed by atoms with Crippen LogP contribution in [0.3, 0.4) is 0 Å². The van der Waals surface area contributed by atoms with Crippen LogP contribution in [0, 0.1) is 0 Å². The highest BCUT2D eigenvalue weighted by molar-refractivity contribution is 9.09. The molecule has 2 aliphatic rings. The zero-order valence-corrected chi connectivity index (χ0v) is 21.4. The van der Waals surface area contributed by atoms with E-state index in [0.29, 0.717) is 33.6 Å². The molecule has 0 fully saturated rings. The minimum atomic E-state index is -0.310. The van der Waals surface area contributed by atoms with Crippen LogP contribution in [0.15, 0.2) is 107 Å². The average molecular weight is 541 g/mol. The molecule has 180 valence electrons. The van der Waals surface area contributed by atoms with Crippen LogP contribution in [-0.4, -0.2) is 23.6 Å². The zero-order chi connectivity index (χ0) is 25.5. The third-order valence-corrected chi connectivity index (χ3v) is 9.89. The SMILES string of the molecule is O=C1c2ccccc2C(=O)N1c1ccc(SSSc2ccc(N3C(=O)c4ccccc4C3=O)cc2)cc1. The smallest absolute Gasteiger partial charge is 0.266 e. The number of hydrogen-bond donors (Lipinski definition) is 0. The molecule has 0 N–H and O–H groups in total. The van der Waals surface area contributed by atoms with Gasteiger partial charge in [0.15, 0.2) is 0 Å². The molecular formula is C28H16N2O4S3. The molecule has 4 amide bonds. The second-order valence-corrected chi connectivity index (χ2v) is 12.3. The van der Waals surface area contributed by atoms with Gasteiger partial charge >= 0.3 is 0 Å². The molecule has 37 heavy (non-hydrogen) atoms. The number of carbonyl (C=O) groups excluding carboxylic acids is 4. The second kappa shape index (κ2) is 9.59. The van der Waals surface area contributed by atoms with Crippen LogP contribution in [0.1, 0.15) is 41.4 Å². The Hall–Kier alpha value is -3.79. The average Bonchev–Trinajstić information content (AvgIpc) is 3.34.